The maximum Gasteiger partial charge on any atom is 0.450 e. The maximum absolute atomic E-state index is 14.1. The minimum Gasteiger partial charge on any atom is -0.344 e. The molecule has 1 aliphatic rings. The summed E-state index contributed by atoms with van der Waals surface area (Å²) in [5.41, 5.74) is -0.0985. The Labute approximate surface area is 201 Å². The van der Waals surface area contributed by atoms with Crippen molar-refractivity contribution in [1.29, 1.82) is 0 Å². The van der Waals surface area contributed by atoms with E-state index in [-0.39, 0.29) is 22.4 Å². The van der Waals surface area contributed by atoms with E-state index in [1.807, 2.05) is 0 Å². The van der Waals surface area contributed by atoms with Gasteiger partial charge in [0.05, 0.1) is 22.6 Å². The van der Waals surface area contributed by atoms with Gasteiger partial charge in [-0.2, -0.15) is 13.2 Å². The topological polar surface area (TPSA) is 76.0 Å². The van der Waals surface area contributed by atoms with E-state index < -0.39 is 53.0 Å². The molecule has 0 spiro atoms. The fourth-order valence-corrected chi connectivity index (χ4v) is 4.00. The Bertz CT molecular complexity index is 1440. The van der Waals surface area contributed by atoms with Gasteiger partial charge in [0.1, 0.15) is 0 Å². The van der Waals surface area contributed by atoms with Crippen molar-refractivity contribution in [3.63, 3.8) is 0 Å². The van der Waals surface area contributed by atoms with Gasteiger partial charge in [0.25, 0.3) is 5.91 Å². The SMILES string of the molecule is C=CC(=O)NC1C(n2c(C(F)(F)F)nc3ccccc32)=CC=C(NC(=O)c2cccc(F)c2F)C1C. The molecule has 11 heteroatoms. The van der Waals surface area contributed by atoms with Crippen LogP contribution in [-0.4, -0.2) is 27.4 Å². The van der Waals surface area contributed by atoms with Crippen LogP contribution in [0.4, 0.5) is 22.0 Å². The minimum atomic E-state index is -4.82. The van der Waals surface area contributed by atoms with Gasteiger partial charge < -0.3 is 10.6 Å². The number of alkyl halides is 3. The largest absolute Gasteiger partial charge is 0.450 e. The van der Waals surface area contributed by atoms with Crippen molar-refractivity contribution in [1.82, 2.24) is 20.2 Å². The Morgan fingerprint density at radius 2 is 1.81 bits per heavy atom. The first kappa shape index (κ1) is 24.8. The van der Waals surface area contributed by atoms with E-state index in [9.17, 15) is 31.5 Å². The van der Waals surface area contributed by atoms with Gasteiger partial charge in [0, 0.05) is 17.3 Å². The summed E-state index contributed by atoms with van der Waals surface area (Å²) in [6.45, 7) is 4.94. The van der Waals surface area contributed by atoms with E-state index in [4.69, 9.17) is 0 Å². The summed E-state index contributed by atoms with van der Waals surface area (Å²) in [6, 6.07) is 8.04. The zero-order chi connectivity index (χ0) is 26.2. The van der Waals surface area contributed by atoms with Gasteiger partial charge in [-0.3, -0.25) is 14.2 Å². The average Bonchev–Trinajstić information content (AvgIpc) is 3.23. The average molecular weight is 502 g/mol. The van der Waals surface area contributed by atoms with Gasteiger partial charge in [0.15, 0.2) is 11.6 Å². The second kappa shape index (κ2) is 9.40. The summed E-state index contributed by atoms with van der Waals surface area (Å²) in [7, 11) is 0. The van der Waals surface area contributed by atoms with Crippen molar-refractivity contribution in [2.75, 3.05) is 0 Å². The number of nitrogens with one attached hydrogen (secondary N) is 2. The highest BCUT2D eigenvalue weighted by molar-refractivity contribution is 5.96. The van der Waals surface area contributed by atoms with Gasteiger partial charge in [-0.05, 0) is 42.5 Å². The van der Waals surface area contributed by atoms with E-state index in [0.29, 0.717) is 0 Å². The number of para-hydroxylation sites is 2. The van der Waals surface area contributed by atoms with Crippen LogP contribution in [-0.2, 0) is 11.0 Å². The number of carbonyl (C=O) groups is 2. The second-order valence-corrected chi connectivity index (χ2v) is 8.01. The van der Waals surface area contributed by atoms with Gasteiger partial charge in [-0.15, -0.1) is 0 Å². The molecule has 0 fully saturated rings. The van der Waals surface area contributed by atoms with Gasteiger partial charge in [-0.25, -0.2) is 13.8 Å². The number of aromatic nitrogens is 2. The van der Waals surface area contributed by atoms with E-state index >= 15 is 0 Å². The van der Waals surface area contributed by atoms with Crippen LogP contribution in [0.15, 0.2) is 73.0 Å². The molecular weight excluding hydrogens is 483 g/mol. The van der Waals surface area contributed by atoms with Crippen LogP contribution in [0.1, 0.15) is 23.1 Å². The molecule has 2 atom stereocenters. The first-order valence-corrected chi connectivity index (χ1v) is 10.7. The highest BCUT2D eigenvalue weighted by Crippen LogP contribution is 2.37. The zero-order valence-corrected chi connectivity index (χ0v) is 18.7. The number of fused-ring (bicyclic) bond motifs is 1. The molecule has 2 amide bonds. The van der Waals surface area contributed by atoms with E-state index in [1.165, 1.54) is 30.4 Å². The van der Waals surface area contributed by atoms with Crippen LogP contribution >= 0.6 is 0 Å². The molecular formula is C25H19F5N4O2. The lowest BCUT2D eigenvalue weighted by molar-refractivity contribution is -0.145. The molecule has 1 aromatic heterocycles. The number of allylic oxidation sites excluding steroid dienone is 2. The predicted molar refractivity (Wildman–Crippen MR) is 122 cm³/mol. The molecule has 6 nitrogen and oxygen atoms in total. The molecule has 0 aliphatic heterocycles. The molecule has 2 aromatic carbocycles. The number of halogens is 5. The molecule has 186 valence electrons. The third kappa shape index (κ3) is 4.51. The number of carbonyl (C=O) groups excluding carboxylic acids is 2. The van der Waals surface area contributed by atoms with E-state index in [2.05, 4.69) is 22.2 Å². The van der Waals surface area contributed by atoms with Crippen LogP contribution in [0.5, 0.6) is 0 Å². The van der Waals surface area contributed by atoms with Crippen LogP contribution in [0.3, 0.4) is 0 Å². The lowest BCUT2D eigenvalue weighted by atomic mass is 9.89. The molecule has 0 radical (unpaired) electrons. The molecule has 2 unspecified atom stereocenters. The summed E-state index contributed by atoms with van der Waals surface area (Å²) in [5.74, 6) is -6.16. The molecule has 1 heterocycles. The molecule has 2 N–H and O–H groups in total. The van der Waals surface area contributed by atoms with Crippen molar-refractivity contribution in [3.8, 4) is 0 Å². The fourth-order valence-electron chi connectivity index (χ4n) is 4.00. The second-order valence-electron chi connectivity index (χ2n) is 8.01. The zero-order valence-electron chi connectivity index (χ0n) is 18.7. The van der Waals surface area contributed by atoms with Crippen molar-refractivity contribution in [2.24, 2.45) is 5.92 Å². The Morgan fingerprint density at radius 1 is 1.08 bits per heavy atom. The number of hydrogen-bond acceptors (Lipinski definition) is 3. The molecule has 0 bridgehead atoms. The van der Waals surface area contributed by atoms with Crippen molar-refractivity contribution < 1.29 is 31.5 Å². The summed E-state index contributed by atoms with van der Waals surface area (Å²) >= 11 is 0. The smallest absolute Gasteiger partial charge is 0.344 e. The maximum atomic E-state index is 14.1. The van der Waals surface area contributed by atoms with Crippen LogP contribution in [0, 0.1) is 17.6 Å². The highest BCUT2D eigenvalue weighted by atomic mass is 19.4. The first-order chi connectivity index (χ1) is 17.0. The fraction of sp³-hybridized carbons (Fsp3) is 0.160. The number of amides is 2. The van der Waals surface area contributed by atoms with Crippen LogP contribution in [0.25, 0.3) is 16.7 Å². The number of nitrogens with zero attached hydrogens (tertiary/aromatic N) is 2. The minimum absolute atomic E-state index is 0.0358. The van der Waals surface area contributed by atoms with Gasteiger partial charge in [0.2, 0.25) is 11.7 Å². The van der Waals surface area contributed by atoms with Gasteiger partial charge >= 0.3 is 6.18 Å². The number of imidazole rings is 1. The predicted octanol–water partition coefficient (Wildman–Crippen LogP) is 4.81. The Balaban J connectivity index is 1.83. The summed E-state index contributed by atoms with van der Waals surface area (Å²) in [5, 5.41) is 5.06. The monoisotopic (exact) mass is 502 g/mol. The van der Waals surface area contributed by atoms with Gasteiger partial charge in [-0.1, -0.05) is 31.7 Å². The molecule has 3 aromatic rings. The summed E-state index contributed by atoms with van der Waals surface area (Å²) in [4.78, 5) is 28.6. The Kier molecular flexibility index (Phi) is 6.49. The molecule has 0 saturated heterocycles. The third-order valence-corrected chi connectivity index (χ3v) is 5.75. The Morgan fingerprint density at radius 3 is 2.50 bits per heavy atom. The quantitative estimate of drug-likeness (QED) is 0.389. The third-order valence-electron chi connectivity index (χ3n) is 5.75. The van der Waals surface area contributed by atoms with Crippen molar-refractivity contribution in [3.05, 3.63) is 96.0 Å². The molecule has 0 saturated carbocycles. The highest BCUT2D eigenvalue weighted by Gasteiger charge is 2.41. The molecule has 1 aliphatic carbocycles. The first-order valence-electron chi connectivity index (χ1n) is 10.7. The standard InChI is InChI=1S/C25H19F5N4O2/c1-3-20(35)33-22-13(2)16(31-23(36)14-7-6-8-15(26)21(14)27)11-12-19(22)34-18-10-5-4-9-17(18)32-24(34)25(28,29)30/h3-13,22H,1H2,2H3,(H,31,36)(H,33,35). The number of benzene rings is 2. The lowest BCUT2D eigenvalue weighted by Gasteiger charge is -2.33. The Hall–Kier alpha value is -4.28. The number of hydrogen-bond donors (Lipinski definition) is 2. The number of rotatable bonds is 5. The van der Waals surface area contributed by atoms with Crippen molar-refractivity contribution in [2.45, 2.75) is 19.1 Å². The van der Waals surface area contributed by atoms with Crippen LogP contribution < -0.4 is 10.6 Å². The molecule has 36 heavy (non-hydrogen) atoms. The summed E-state index contributed by atoms with van der Waals surface area (Å²) in [6.07, 6.45) is -1.21. The lowest BCUT2D eigenvalue weighted by Crippen LogP contribution is -2.45. The van der Waals surface area contributed by atoms with E-state index in [0.717, 1.165) is 22.8 Å². The van der Waals surface area contributed by atoms with E-state index in [1.54, 1.807) is 19.1 Å². The molecule has 4 rings (SSSR count). The van der Waals surface area contributed by atoms with Crippen molar-refractivity contribution >= 4 is 28.5 Å². The normalized spacial score (nSPS) is 17.8. The summed E-state index contributed by atoms with van der Waals surface area (Å²) < 4.78 is 70.4. The van der Waals surface area contributed by atoms with Crippen LogP contribution in [0.2, 0.25) is 0 Å².